The van der Waals surface area contributed by atoms with Crippen molar-refractivity contribution in [1.29, 1.82) is 0 Å². The van der Waals surface area contributed by atoms with Crippen LogP contribution in [0, 0.1) is 5.92 Å². The van der Waals surface area contributed by atoms with E-state index in [2.05, 4.69) is 10.0 Å². The van der Waals surface area contributed by atoms with Gasteiger partial charge in [-0.1, -0.05) is 23.3 Å². The lowest BCUT2D eigenvalue weighted by Gasteiger charge is -2.46. The Morgan fingerprint density at radius 2 is 2.22 bits per heavy atom. The van der Waals surface area contributed by atoms with Crippen molar-refractivity contribution in [3.05, 3.63) is 40.3 Å². The predicted molar refractivity (Wildman–Crippen MR) is 92.8 cm³/mol. The van der Waals surface area contributed by atoms with Crippen molar-refractivity contribution in [3.63, 3.8) is 0 Å². The van der Waals surface area contributed by atoms with Gasteiger partial charge in [0.25, 0.3) is 0 Å². The zero-order chi connectivity index (χ0) is 19.2. The number of nitrogens with zero attached hydrogens (tertiary/aromatic N) is 4. The van der Waals surface area contributed by atoms with Gasteiger partial charge in [-0.2, -0.15) is 0 Å². The molecule has 27 heavy (non-hydrogen) atoms. The van der Waals surface area contributed by atoms with Crippen molar-refractivity contribution in [1.82, 2.24) is 0 Å². The highest BCUT2D eigenvalue weighted by atomic mass is 16.6. The lowest BCUT2D eigenvalue weighted by molar-refractivity contribution is -0.152. The Balaban J connectivity index is 1.98. The molecule has 140 valence electrons. The number of rotatable bonds is 3. The van der Waals surface area contributed by atoms with E-state index in [9.17, 15) is 14.4 Å². The summed E-state index contributed by atoms with van der Waals surface area (Å²) in [5.74, 6) is -1.32. The van der Waals surface area contributed by atoms with E-state index < -0.39 is 29.1 Å². The van der Waals surface area contributed by atoms with Gasteiger partial charge in [0.1, 0.15) is 11.3 Å². The lowest BCUT2D eigenvalue weighted by Crippen LogP contribution is -2.63. The number of esters is 1. The number of methoxy groups -OCH3 is 1. The molecule has 2 heterocycles. The average molecular weight is 370 g/mol. The number of benzene rings is 1. The first-order valence-electron chi connectivity index (χ1n) is 8.75. The SMILES string of the molecule is COC(=O)N1c2ccccc2C2(CCN=[N+]=[N-])OC(=O)C3CC(=O)CCC312. The quantitative estimate of drug-likeness (QED) is 0.350. The third-order valence-corrected chi connectivity index (χ3v) is 6.02. The fourth-order valence-electron chi connectivity index (χ4n) is 5.06. The van der Waals surface area contributed by atoms with Gasteiger partial charge < -0.3 is 9.47 Å². The molecule has 0 N–H and O–H groups in total. The van der Waals surface area contributed by atoms with Gasteiger partial charge in [0, 0.05) is 29.9 Å². The van der Waals surface area contributed by atoms with Crippen LogP contribution in [0.15, 0.2) is 29.4 Å². The van der Waals surface area contributed by atoms with Gasteiger partial charge in [-0.15, -0.1) is 0 Å². The van der Waals surface area contributed by atoms with Crippen LogP contribution in [0.3, 0.4) is 0 Å². The smallest absolute Gasteiger partial charge is 0.414 e. The number of hydrogen-bond acceptors (Lipinski definition) is 6. The first-order valence-corrected chi connectivity index (χ1v) is 8.75. The largest absolute Gasteiger partial charge is 0.452 e. The first kappa shape index (κ1) is 17.4. The van der Waals surface area contributed by atoms with Crippen LogP contribution >= 0.6 is 0 Å². The summed E-state index contributed by atoms with van der Waals surface area (Å²) >= 11 is 0. The third-order valence-electron chi connectivity index (χ3n) is 6.02. The number of anilines is 1. The van der Waals surface area contributed by atoms with Crippen LogP contribution in [0.25, 0.3) is 10.4 Å². The molecule has 3 atom stereocenters. The number of azide groups is 1. The molecule has 1 saturated carbocycles. The number of ketones is 1. The summed E-state index contributed by atoms with van der Waals surface area (Å²) < 4.78 is 11.0. The highest BCUT2D eigenvalue weighted by Gasteiger charge is 2.75. The van der Waals surface area contributed by atoms with Gasteiger partial charge in [0.2, 0.25) is 0 Å². The second-order valence-corrected chi connectivity index (χ2v) is 6.99. The Hall–Kier alpha value is -3.06. The van der Waals surface area contributed by atoms with Crippen molar-refractivity contribution in [2.24, 2.45) is 11.0 Å². The molecule has 1 saturated heterocycles. The minimum absolute atomic E-state index is 0.0174. The highest BCUT2D eigenvalue weighted by molar-refractivity contribution is 6.00. The number of carbonyl (C=O) groups excluding carboxylic acids is 3. The van der Waals surface area contributed by atoms with E-state index in [-0.39, 0.29) is 38.0 Å². The van der Waals surface area contributed by atoms with E-state index in [4.69, 9.17) is 15.0 Å². The van der Waals surface area contributed by atoms with E-state index in [1.54, 1.807) is 18.2 Å². The van der Waals surface area contributed by atoms with Crippen molar-refractivity contribution in [2.75, 3.05) is 18.6 Å². The number of ether oxygens (including phenoxy) is 2. The summed E-state index contributed by atoms with van der Waals surface area (Å²) in [6, 6.07) is 7.17. The Morgan fingerprint density at radius 3 is 2.96 bits per heavy atom. The normalized spacial score (nSPS) is 30.7. The van der Waals surface area contributed by atoms with Crippen LogP contribution < -0.4 is 4.90 Å². The van der Waals surface area contributed by atoms with Gasteiger partial charge in [0.05, 0.1) is 18.7 Å². The Morgan fingerprint density at radius 1 is 1.44 bits per heavy atom. The maximum atomic E-state index is 12.8. The standard InChI is InChI=1S/C18H18N4O5/c1-26-16(25)22-14-5-3-2-4-12(14)18(8-9-20-21-19)17(22)7-6-11(23)10-13(17)15(24)27-18/h2-5,13H,6-10H2,1H3. The molecule has 0 radical (unpaired) electrons. The van der Waals surface area contributed by atoms with E-state index in [1.165, 1.54) is 12.0 Å². The third kappa shape index (κ3) is 2.06. The summed E-state index contributed by atoms with van der Waals surface area (Å²) in [5, 5.41) is 3.62. The number of carbonyl (C=O) groups is 3. The van der Waals surface area contributed by atoms with E-state index in [1.807, 2.05) is 6.07 Å². The highest BCUT2D eigenvalue weighted by Crippen LogP contribution is 2.65. The molecule has 2 aliphatic heterocycles. The van der Waals surface area contributed by atoms with Crippen LogP contribution in [-0.4, -0.2) is 37.0 Å². The maximum absolute atomic E-state index is 12.8. The maximum Gasteiger partial charge on any atom is 0.414 e. The molecule has 2 fully saturated rings. The molecule has 3 unspecified atom stereocenters. The molecule has 4 rings (SSSR count). The van der Waals surface area contributed by atoms with Crippen LogP contribution in [0.2, 0.25) is 0 Å². The van der Waals surface area contributed by atoms with Crippen molar-refractivity contribution in [2.45, 2.75) is 36.8 Å². The van der Waals surface area contributed by atoms with Crippen LogP contribution in [0.1, 0.15) is 31.2 Å². The predicted octanol–water partition coefficient (Wildman–Crippen LogP) is 2.83. The van der Waals surface area contributed by atoms with Crippen molar-refractivity contribution < 1.29 is 23.9 Å². The molecule has 1 aromatic carbocycles. The molecule has 9 heteroatoms. The fourth-order valence-corrected chi connectivity index (χ4v) is 5.06. The monoisotopic (exact) mass is 370 g/mol. The van der Waals surface area contributed by atoms with E-state index >= 15 is 0 Å². The molecule has 1 spiro atoms. The van der Waals surface area contributed by atoms with Gasteiger partial charge >= 0.3 is 12.1 Å². The fraction of sp³-hybridized carbons (Fsp3) is 0.500. The average Bonchev–Trinajstić information content (AvgIpc) is 3.05. The Labute approximate surface area is 154 Å². The van der Waals surface area contributed by atoms with Crippen LogP contribution in [0.4, 0.5) is 10.5 Å². The molecule has 0 aromatic heterocycles. The summed E-state index contributed by atoms with van der Waals surface area (Å²) in [4.78, 5) is 42.0. The molecule has 3 aliphatic rings. The van der Waals surface area contributed by atoms with Crippen molar-refractivity contribution >= 4 is 23.5 Å². The van der Waals surface area contributed by atoms with Crippen LogP contribution in [-0.2, 0) is 24.7 Å². The van der Waals surface area contributed by atoms with E-state index in [0.717, 1.165) is 0 Å². The molecular formula is C18H18N4O5. The number of fused-ring (bicyclic) bond motifs is 2. The minimum atomic E-state index is -1.17. The zero-order valence-corrected chi connectivity index (χ0v) is 14.8. The summed E-state index contributed by atoms with van der Waals surface area (Å²) in [7, 11) is 1.28. The Bertz CT molecular complexity index is 895. The molecule has 1 amide bonds. The topological polar surface area (TPSA) is 122 Å². The van der Waals surface area contributed by atoms with Gasteiger partial charge in [-0.3, -0.25) is 14.5 Å². The summed E-state index contributed by atoms with van der Waals surface area (Å²) in [6.45, 7) is 0.0928. The Kier molecular flexibility index (Phi) is 3.85. The second kappa shape index (κ2) is 5.99. The first-order chi connectivity index (χ1) is 13.0. The van der Waals surface area contributed by atoms with Gasteiger partial charge in [0.15, 0.2) is 5.60 Å². The molecule has 1 aromatic rings. The zero-order valence-electron chi connectivity index (χ0n) is 14.8. The molecule has 1 aliphatic carbocycles. The summed E-state index contributed by atoms with van der Waals surface area (Å²) in [6.07, 6.45) is 0.146. The molecular weight excluding hydrogens is 352 g/mol. The lowest BCUT2D eigenvalue weighted by atomic mass is 9.63. The van der Waals surface area contributed by atoms with Crippen molar-refractivity contribution in [3.8, 4) is 0 Å². The molecule has 0 bridgehead atoms. The van der Waals surface area contributed by atoms with Crippen LogP contribution in [0.5, 0.6) is 0 Å². The molecule has 9 nitrogen and oxygen atoms in total. The number of hydrogen-bond donors (Lipinski definition) is 0. The summed E-state index contributed by atoms with van der Waals surface area (Å²) in [5.41, 5.74) is 7.72. The number of amides is 1. The van der Waals surface area contributed by atoms with E-state index in [0.29, 0.717) is 11.3 Å². The number of Topliss-reactive ketones (excluding diaryl/α,β-unsaturated/α-hetero) is 1. The number of para-hydroxylation sites is 1. The second-order valence-electron chi connectivity index (χ2n) is 6.99. The van der Waals surface area contributed by atoms with Gasteiger partial charge in [-0.25, -0.2) is 4.79 Å². The minimum Gasteiger partial charge on any atom is -0.452 e. The van der Waals surface area contributed by atoms with Gasteiger partial charge in [-0.05, 0) is 24.4 Å².